The molecule has 1 aromatic carbocycles. The Bertz CT molecular complexity index is 580. The van der Waals surface area contributed by atoms with Gasteiger partial charge in [0.2, 0.25) is 0 Å². The Morgan fingerprint density at radius 2 is 2.17 bits per heavy atom. The summed E-state index contributed by atoms with van der Waals surface area (Å²) in [4.78, 5) is 10.6. The lowest BCUT2D eigenvalue weighted by Gasteiger charge is -2.07. The third kappa shape index (κ3) is 2.70. The molecule has 0 saturated heterocycles. The van der Waals surface area contributed by atoms with Crippen molar-refractivity contribution in [3.05, 3.63) is 40.6 Å². The molecule has 0 amide bonds. The summed E-state index contributed by atoms with van der Waals surface area (Å²) >= 11 is 3.38. The van der Waals surface area contributed by atoms with E-state index >= 15 is 0 Å². The molecule has 0 aliphatic rings. The van der Waals surface area contributed by atoms with E-state index < -0.39 is 5.97 Å². The third-order valence-electron chi connectivity index (χ3n) is 2.40. The van der Waals surface area contributed by atoms with Gasteiger partial charge in [0.25, 0.3) is 0 Å². The van der Waals surface area contributed by atoms with E-state index in [4.69, 9.17) is 9.84 Å². The number of aromatic nitrogens is 2. The van der Waals surface area contributed by atoms with Gasteiger partial charge in [-0.2, -0.15) is 5.10 Å². The number of halogens is 1. The molecular formula is C12H11BrN2O3. The monoisotopic (exact) mass is 310 g/mol. The normalized spacial score (nSPS) is 10.3. The number of hydrogen-bond acceptors (Lipinski definition) is 3. The van der Waals surface area contributed by atoms with E-state index in [9.17, 15) is 4.79 Å². The topological polar surface area (TPSA) is 64.4 Å². The first-order valence-electron chi connectivity index (χ1n) is 5.24. The van der Waals surface area contributed by atoms with Crippen LogP contribution in [-0.4, -0.2) is 20.9 Å². The number of hydrogen-bond donors (Lipinski definition) is 1. The van der Waals surface area contributed by atoms with E-state index in [0.29, 0.717) is 17.2 Å². The van der Waals surface area contributed by atoms with Crippen LogP contribution in [0.3, 0.4) is 0 Å². The van der Waals surface area contributed by atoms with Crippen molar-refractivity contribution in [1.29, 1.82) is 0 Å². The number of carboxylic acids is 1. The SMILES string of the molecule is Cc1c(Oc2ccccc2Br)cnn1CC(=O)O. The predicted octanol–water partition coefficient (Wildman–Crippen LogP) is 2.83. The third-order valence-corrected chi connectivity index (χ3v) is 3.05. The van der Waals surface area contributed by atoms with Crippen LogP contribution in [-0.2, 0) is 11.3 Å². The standard InChI is InChI=1S/C12H11BrN2O3/c1-8-11(6-14-15(8)7-12(16)17)18-10-5-3-2-4-9(10)13/h2-6H,7H2,1H3,(H,16,17). The van der Waals surface area contributed by atoms with Crippen molar-refractivity contribution in [3.63, 3.8) is 0 Å². The number of benzene rings is 1. The molecule has 0 fully saturated rings. The molecule has 0 aliphatic carbocycles. The Morgan fingerprint density at radius 3 is 2.83 bits per heavy atom. The van der Waals surface area contributed by atoms with Gasteiger partial charge >= 0.3 is 5.97 Å². The van der Waals surface area contributed by atoms with Crippen molar-refractivity contribution in [2.75, 3.05) is 0 Å². The summed E-state index contributed by atoms with van der Waals surface area (Å²) in [5.41, 5.74) is 0.674. The molecule has 2 aromatic rings. The zero-order valence-electron chi connectivity index (χ0n) is 9.63. The fourth-order valence-electron chi connectivity index (χ4n) is 1.46. The van der Waals surface area contributed by atoms with Crippen molar-refractivity contribution in [2.24, 2.45) is 0 Å². The van der Waals surface area contributed by atoms with Gasteiger partial charge in [-0.3, -0.25) is 9.48 Å². The molecule has 5 nitrogen and oxygen atoms in total. The van der Waals surface area contributed by atoms with Gasteiger partial charge in [0.1, 0.15) is 12.3 Å². The molecule has 1 N–H and O–H groups in total. The molecule has 94 valence electrons. The number of para-hydroxylation sites is 1. The Kier molecular flexibility index (Phi) is 3.66. The summed E-state index contributed by atoms with van der Waals surface area (Å²) in [6.45, 7) is 1.59. The van der Waals surface area contributed by atoms with E-state index in [1.54, 1.807) is 6.92 Å². The zero-order valence-corrected chi connectivity index (χ0v) is 11.2. The summed E-state index contributed by atoms with van der Waals surface area (Å²) in [5.74, 6) is 0.271. The molecule has 0 saturated carbocycles. The second-order valence-corrected chi connectivity index (χ2v) is 4.53. The molecule has 0 spiro atoms. The highest BCUT2D eigenvalue weighted by Gasteiger charge is 2.11. The van der Waals surface area contributed by atoms with Crippen LogP contribution < -0.4 is 4.74 Å². The fourth-order valence-corrected chi connectivity index (χ4v) is 1.83. The molecular weight excluding hydrogens is 300 g/mol. The Morgan fingerprint density at radius 1 is 1.44 bits per heavy atom. The molecule has 1 heterocycles. The van der Waals surface area contributed by atoms with Crippen LogP contribution in [0.2, 0.25) is 0 Å². The maximum absolute atomic E-state index is 10.6. The fraction of sp³-hybridized carbons (Fsp3) is 0.167. The number of carbonyl (C=O) groups is 1. The highest BCUT2D eigenvalue weighted by molar-refractivity contribution is 9.10. The minimum atomic E-state index is -0.936. The second-order valence-electron chi connectivity index (χ2n) is 3.68. The van der Waals surface area contributed by atoms with Crippen LogP contribution in [0.5, 0.6) is 11.5 Å². The van der Waals surface area contributed by atoms with Crippen molar-refractivity contribution in [1.82, 2.24) is 9.78 Å². The van der Waals surface area contributed by atoms with Gasteiger partial charge in [0, 0.05) is 0 Å². The van der Waals surface area contributed by atoms with Crippen LogP contribution >= 0.6 is 15.9 Å². The summed E-state index contributed by atoms with van der Waals surface area (Å²) in [5, 5.41) is 12.7. The molecule has 6 heteroatoms. The molecule has 2 rings (SSSR count). The van der Waals surface area contributed by atoms with Gasteiger partial charge in [-0.1, -0.05) is 12.1 Å². The van der Waals surface area contributed by atoms with Gasteiger partial charge in [-0.05, 0) is 35.0 Å². The first-order valence-corrected chi connectivity index (χ1v) is 6.04. The molecule has 0 atom stereocenters. The van der Waals surface area contributed by atoms with E-state index in [2.05, 4.69) is 21.0 Å². The lowest BCUT2D eigenvalue weighted by molar-refractivity contribution is -0.137. The van der Waals surface area contributed by atoms with E-state index in [-0.39, 0.29) is 6.54 Å². The smallest absolute Gasteiger partial charge is 0.325 e. The quantitative estimate of drug-likeness (QED) is 0.943. The lowest BCUT2D eigenvalue weighted by atomic mass is 10.3. The van der Waals surface area contributed by atoms with Crippen molar-refractivity contribution < 1.29 is 14.6 Å². The summed E-state index contributed by atoms with van der Waals surface area (Å²) in [6.07, 6.45) is 1.51. The zero-order chi connectivity index (χ0) is 13.1. The van der Waals surface area contributed by atoms with Gasteiger partial charge in [-0.25, -0.2) is 0 Å². The predicted molar refractivity (Wildman–Crippen MR) is 68.8 cm³/mol. The van der Waals surface area contributed by atoms with E-state index in [1.165, 1.54) is 10.9 Å². The lowest BCUT2D eigenvalue weighted by Crippen LogP contribution is -2.11. The largest absolute Gasteiger partial charge is 0.480 e. The van der Waals surface area contributed by atoms with E-state index in [0.717, 1.165) is 4.47 Å². The molecule has 0 bridgehead atoms. The Labute approximate surface area is 112 Å². The molecule has 18 heavy (non-hydrogen) atoms. The minimum absolute atomic E-state index is 0.175. The van der Waals surface area contributed by atoms with Crippen LogP contribution in [0.4, 0.5) is 0 Å². The summed E-state index contributed by atoms with van der Waals surface area (Å²) in [6, 6.07) is 7.43. The minimum Gasteiger partial charge on any atom is -0.480 e. The average molecular weight is 311 g/mol. The number of ether oxygens (including phenoxy) is 1. The highest BCUT2D eigenvalue weighted by Crippen LogP contribution is 2.30. The molecule has 0 unspecified atom stereocenters. The second kappa shape index (κ2) is 5.22. The van der Waals surface area contributed by atoms with Crippen LogP contribution in [0.1, 0.15) is 5.69 Å². The van der Waals surface area contributed by atoms with Crippen LogP contribution in [0, 0.1) is 6.92 Å². The number of rotatable bonds is 4. The van der Waals surface area contributed by atoms with Gasteiger partial charge in [0.05, 0.1) is 16.4 Å². The van der Waals surface area contributed by atoms with Crippen LogP contribution in [0.15, 0.2) is 34.9 Å². The molecule has 1 aromatic heterocycles. The van der Waals surface area contributed by atoms with Crippen LogP contribution in [0.25, 0.3) is 0 Å². The summed E-state index contributed by atoms with van der Waals surface area (Å²) in [7, 11) is 0. The van der Waals surface area contributed by atoms with Gasteiger partial charge < -0.3 is 9.84 Å². The Balaban J connectivity index is 2.23. The van der Waals surface area contributed by atoms with Gasteiger partial charge in [-0.15, -0.1) is 0 Å². The molecule has 0 aliphatic heterocycles. The van der Waals surface area contributed by atoms with Gasteiger partial charge in [0.15, 0.2) is 5.75 Å². The van der Waals surface area contributed by atoms with Crippen molar-refractivity contribution >= 4 is 21.9 Å². The first-order chi connectivity index (χ1) is 8.58. The highest BCUT2D eigenvalue weighted by atomic mass is 79.9. The number of carboxylic acid groups (broad SMARTS) is 1. The number of aliphatic carboxylic acids is 1. The maximum Gasteiger partial charge on any atom is 0.325 e. The summed E-state index contributed by atoms with van der Waals surface area (Å²) < 4.78 is 7.89. The Hall–Kier alpha value is -1.82. The maximum atomic E-state index is 10.6. The van der Waals surface area contributed by atoms with Crippen molar-refractivity contribution in [3.8, 4) is 11.5 Å². The van der Waals surface area contributed by atoms with E-state index in [1.807, 2.05) is 24.3 Å². The average Bonchev–Trinajstić information content (AvgIpc) is 2.64. The van der Waals surface area contributed by atoms with Crippen molar-refractivity contribution in [2.45, 2.75) is 13.5 Å². The first kappa shape index (κ1) is 12.6. The number of nitrogens with zero attached hydrogens (tertiary/aromatic N) is 2. The molecule has 0 radical (unpaired) electrons.